The number of amides is 1. The average Bonchev–Trinajstić information content (AvgIpc) is 3.19. The van der Waals surface area contributed by atoms with Gasteiger partial charge in [0.25, 0.3) is 15.9 Å². The summed E-state index contributed by atoms with van der Waals surface area (Å²) in [6.45, 7) is 0. The molecule has 1 fully saturated rings. The molecule has 3 atom stereocenters. The molecule has 0 aromatic carbocycles. The average molecular weight is 553 g/mol. The fraction of sp³-hybridized carbons (Fsp3) is 0.375. The Morgan fingerprint density at radius 1 is 1.15 bits per heavy atom. The molecule has 2 aromatic rings. The van der Waals surface area contributed by atoms with Crippen LogP contribution >= 0.6 is 54.5 Å². The summed E-state index contributed by atoms with van der Waals surface area (Å²) in [7, 11) is -3.89. The number of carbonyl (C=O) groups is 2. The topological polar surface area (TPSA) is 80.8 Å². The predicted octanol–water partition coefficient (Wildman–Crippen LogP) is 4.49. The standard InChI is InChI=1S/C16H11Br2NO5S3/c17-12-9-10-14(20)19(27(22,23)16(10)25-11(9)13(18)26-12)7-1-2-8-6(5-7)3-4-24-15(8)21/h3-4,6-8H,1-2,5H2. The Kier molecular flexibility index (Phi) is 4.15. The molecule has 3 aliphatic rings. The summed E-state index contributed by atoms with van der Waals surface area (Å²) in [6.07, 6.45) is 4.57. The van der Waals surface area contributed by atoms with Gasteiger partial charge in [0, 0.05) is 11.4 Å². The molecule has 2 aliphatic heterocycles. The molecule has 0 bridgehead atoms. The smallest absolute Gasteiger partial charge is 0.314 e. The minimum atomic E-state index is -3.89. The molecule has 11 heteroatoms. The fourth-order valence-electron chi connectivity index (χ4n) is 4.15. The van der Waals surface area contributed by atoms with Crippen LogP contribution in [0.25, 0.3) is 10.1 Å². The molecule has 6 nitrogen and oxygen atoms in total. The van der Waals surface area contributed by atoms with Gasteiger partial charge < -0.3 is 4.74 Å². The molecule has 142 valence electrons. The first-order valence-corrected chi connectivity index (χ1v) is 12.8. The molecule has 0 saturated heterocycles. The van der Waals surface area contributed by atoms with Crippen molar-refractivity contribution in [2.45, 2.75) is 29.5 Å². The Balaban J connectivity index is 1.56. The molecule has 27 heavy (non-hydrogen) atoms. The van der Waals surface area contributed by atoms with Gasteiger partial charge in [0.1, 0.15) is 0 Å². The van der Waals surface area contributed by atoms with E-state index in [1.165, 1.54) is 17.6 Å². The largest absolute Gasteiger partial charge is 0.435 e. The highest BCUT2D eigenvalue weighted by Crippen LogP contribution is 2.52. The second-order valence-corrected chi connectivity index (χ2v) is 13.4. The van der Waals surface area contributed by atoms with Crippen molar-refractivity contribution >= 4 is 86.5 Å². The Labute approximate surface area is 179 Å². The number of sulfonamides is 1. The van der Waals surface area contributed by atoms with E-state index in [4.69, 9.17) is 4.74 Å². The number of thiophene rings is 2. The third kappa shape index (κ3) is 2.48. The van der Waals surface area contributed by atoms with Gasteiger partial charge in [0.15, 0.2) is 4.21 Å². The zero-order chi connectivity index (χ0) is 19.1. The highest BCUT2D eigenvalue weighted by atomic mass is 79.9. The van der Waals surface area contributed by atoms with Gasteiger partial charge in [-0.05, 0) is 63.1 Å². The van der Waals surface area contributed by atoms with E-state index in [1.54, 1.807) is 6.08 Å². The van der Waals surface area contributed by atoms with Gasteiger partial charge in [-0.25, -0.2) is 12.7 Å². The summed E-state index contributed by atoms with van der Waals surface area (Å²) in [5.74, 6) is -1.10. The van der Waals surface area contributed by atoms with E-state index in [-0.39, 0.29) is 27.6 Å². The SMILES string of the molecule is O=C1OC=CC2CC(N3C(=O)c4c(sc5c(Br)sc(Br)c45)S3(=O)=O)CCC12. The summed E-state index contributed by atoms with van der Waals surface area (Å²) in [6, 6.07) is -0.449. The molecule has 4 heterocycles. The minimum Gasteiger partial charge on any atom is -0.435 e. The molecule has 2 aromatic heterocycles. The molecule has 3 unspecified atom stereocenters. The van der Waals surface area contributed by atoms with Crippen molar-refractivity contribution in [2.24, 2.45) is 11.8 Å². The van der Waals surface area contributed by atoms with Crippen LogP contribution in [0.1, 0.15) is 29.6 Å². The van der Waals surface area contributed by atoms with E-state index in [9.17, 15) is 18.0 Å². The van der Waals surface area contributed by atoms with Gasteiger partial charge in [0.05, 0.1) is 30.0 Å². The number of ether oxygens (including phenoxy) is 1. The molecule has 0 radical (unpaired) electrons. The highest BCUT2D eigenvalue weighted by molar-refractivity contribution is 9.12. The lowest BCUT2D eigenvalue weighted by Gasteiger charge is -2.37. The van der Waals surface area contributed by atoms with Gasteiger partial charge in [0.2, 0.25) is 0 Å². The highest BCUT2D eigenvalue weighted by Gasteiger charge is 2.51. The molecule has 0 spiro atoms. The van der Waals surface area contributed by atoms with Crippen LogP contribution in [-0.4, -0.2) is 30.6 Å². The molecular formula is C16H11Br2NO5S3. The zero-order valence-corrected chi connectivity index (χ0v) is 19.1. The lowest BCUT2D eigenvalue weighted by molar-refractivity contribution is -0.147. The van der Waals surface area contributed by atoms with Crippen molar-refractivity contribution in [2.75, 3.05) is 0 Å². The third-order valence-electron chi connectivity index (χ3n) is 5.35. The number of cyclic esters (lactones) is 1. The van der Waals surface area contributed by atoms with Gasteiger partial charge >= 0.3 is 5.97 Å². The van der Waals surface area contributed by atoms with E-state index in [1.807, 2.05) is 0 Å². The second-order valence-electron chi connectivity index (χ2n) is 6.73. The van der Waals surface area contributed by atoms with Crippen LogP contribution in [0.5, 0.6) is 0 Å². The second kappa shape index (κ2) is 6.12. The molecule has 1 saturated carbocycles. The molecule has 5 rings (SSSR count). The molecule has 0 N–H and O–H groups in total. The number of rotatable bonds is 1. The Hall–Kier alpha value is -0.750. The summed E-state index contributed by atoms with van der Waals surface area (Å²) >= 11 is 9.45. The Bertz CT molecular complexity index is 1150. The lowest BCUT2D eigenvalue weighted by Crippen LogP contribution is -2.46. The maximum Gasteiger partial charge on any atom is 0.314 e. The number of allylic oxidation sites excluding steroid dienone is 1. The lowest BCUT2D eigenvalue weighted by atomic mass is 9.76. The fourth-order valence-corrected chi connectivity index (χ4v) is 11.0. The number of esters is 1. The van der Waals surface area contributed by atoms with Crippen LogP contribution in [0.4, 0.5) is 0 Å². The molecule has 1 amide bonds. The number of hydrogen-bond donors (Lipinski definition) is 0. The minimum absolute atomic E-state index is 0.103. The molecule has 1 aliphatic carbocycles. The van der Waals surface area contributed by atoms with Crippen molar-refractivity contribution in [1.82, 2.24) is 4.31 Å². The predicted molar refractivity (Wildman–Crippen MR) is 108 cm³/mol. The summed E-state index contributed by atoms with van der Waals surface area (Å²) in [5.41, 5.74) is 0.268. The van der Waals surface area contributed by atoms with Crippen molar-refractivity contribution in [3.63, 3.8) is 0 Å². The van der Waals surface area contributed by atoms with Crippen LogP contribution in [0, 0.1) is 11.8 Å². The van der Waals surface area contributed by atoms with Gasteiger partial charge in [-0.15, -0.1) is 22.7 Å². The maximum atomic E-state index is 13.2. The third-order valence-corrected chi connectivity index (χ3v) is 11.8. The number of carbonyl (C=O) groups excluding carboxylic acids is 2. The maximum absolute atomic E-state index is 13.2. The van der Waals surface area contributed by atoms with Crippen LogP contribution in [0.15, 0.2) is 24.1 Å². The van der Waals surface area contributed by atoms with E-state index < -0.39 is 22.0 Å². The van der Waals surface area contributed by atoms with Gasteiger partial charge in [-0.3, -0.25) is 9.59 Å². The van der Waals surface area contributed by atoms with E-state index in [0.29, 0.717) is 24.6 Å². The van der Waals surface area contributed by atoms with Crippen molar-refractivity contribution in [3.05, 3.63) is 25.5 Å². The van der Waals surface area contributed by atoms with Crippen LogP contribution < -0.4 is 0 Å². The van der Waals surface area contributed by atoms with Gasteiger partial charge in [-0.2, -0.15) is 0 Å². The van der Waals surface area contributed by atoms with E-state index >= 15 is 0 Å². The first-order chi connectivity index (χ1) is 12.8. The van der Waals surface area contributed by atoms with Gasteiger partial charge in [-0.1, -0.05) is 0 Å². The van der Waals surface area contributed by atoms with Crippen LogP contribution in [0.3, 0.4) is 0 Å². The number of fused-ring (bicyclic) bond motifs is 4. The van der Waals surface area contributed by atoms with Crippen molar-refractivity contribution < 1.29 is 22.7 Å². The number of halogens is 2. The summed E-state index contributed by atoms with van der Waals surface area (Å²) < 4.78 is 34.8. The van der Waals surface area contributed by atoms with E-state index in [2.05, 4.69) is 31.9 Å². The zero-order valence-electron chi connectivity index (χ0n) is 13.5. The normalized spacial score (nSPS) is 29.1. The summed E-state index contributed by atoms with van der Waals surface area (Å²) in [4.78, 5) is 25.1. The summed E-state index contributed by atoms with van der Waals surface area (Å²) in [5, 5.41) is 0.665. The van der Waals surface area contributed by atoms with Crippen LogP contribution in [-0.2, 0) is 19.6 Å². The molecular weight excluding hydrogens is 542 g/mol. The first kappa shape index (κ1) is 18.3. The first-order valence-electron chi connectivity index (χ1n) is 8.17. The Morgan fingerprint density at radius 2 is 1.93 bits per heavy atom. The van der Waals surface area contributed by atoms with Crippen LogP contribution in [0.2, 0.25) is 0 Å². The van der Waals surface area contributed by atoms with E-state index in [0.717, 1.165) is 27.9 Å². The number of hydrogen-bond acceptors (Lipinski definition) is 7. The Morgan fingerprint density at radius 3 is 2.70 bits per heavy atom. The quantitative estimate of drug-likeness (QED) is 0.487. The van der Waals surface area contributed by atoms with Crippen molar-refractivity contribution in [1.29, 1.82) is 0 Å². The van der Waals surface area contributed by atoms with Crippen molar-refractivity contribution in [3.8, 4) is 0 Å². The number of nitrogens with zero attached hydrogens (tertiary/aromatic N) is 1. The monoisotopic (exact) mass is 551 g/mol.